The van der Waals surface area contributed by atoms with Gasteiger partial charge in [-0.2, -0.15) is 0 Å². The Labute approximate surface area is 345 Å². The van der Waals surface area contributed by atoms with Crippen molar-refractivity contribution in [3.63, 3.8) is 0 Å². The van der Waals surface area contributed by atoms with E-state index in [1.165, 1.54) is 14.7 Å². The van der Waals surface area contributed by atoms with Crippen molar-refractivity contribution in [1.82, 2.24) is 0 Å². The van der Waals surface area contributed by atoms with Gasteiger partial charge in [0.25, 0.3) is 0 Å². The molecule has 0 saturated heterocycles. The lowest BCUT2D eigenvalue weighted by Crippen LogP contribution is -2.06. The maximum Gasteiger partial charge on any atom is 0.189 e. The molecule has 0 N–H and O–H groups in total. The van der Waals surface area contributed by atoms with Crippen molar-refractivity contribution in [2.24, 2.45) is 0 Å². The van der Waals surface area contributed by atoms with Gasteiger partial charge in [-0.25, -0.2) is 0 Å². The van der Waals surface area contributed by atoms with Crippen LogP contribution in [0.15, 0.2) is 118 Å². The van der Waals surface area contributed by atoms with Crippen LogP contribution in [-0.4, -0.2) is 26.8 Å². The second-order valence-corrected chi connectivity index (χ2v) is 17.1. The minimum absolute atomic E-state index is 0.244. The molecule has 0 amide bonds. The summed E-state index contributed by atoms with van der Waals surface area (Å²) in [6.07, 6.45) is 0. The summed E-state index contributed by atoms with van der Waals surface area (Å²) in [5.74, 6) is 3.33. The smallest absolute Gasteiger partial charge is 0.189 e. The van der Waals surface area contributed by atoms with Crippen molar-refractivity contribution in [2.45, 2.75) is 41.7 Å². The number of benzene rings is 5. The van der Waals surface area contributed by atoms with E-state index in [9.17, 15) is 0 Å². The Morgan fingerprint density at radius 1 is 0.469 bits per heavy atom. The molecule has 0 atom stereocenters. The van der Waals surface area contributed by atoms with Gasteiger partial charge in [0.2, 0.25) is 0 Å². The minimum Gasteiger partial charge on any atom is -0.489 e. The molecule has 49 heavy (non-hydrogen) atoms. The molecule has 0 saturated carbocycles. The fourth-order valence-corrected chi connectivity index (χ4v) is 11.2. The van der Waals surface area contributed by atoms with Crippen molar-refractivity contribution in [2.75, 3.05) is 26.8 Å². The van der Waals surface area contributed by atoms with Crippen LogP contribution in [0.5, 0.6) is 23.0 Å². The highest BCUT2D eigenvalue weighted by Gasteiger charge is 2.28. The van der Waals surface area contributed by atoms with Crippen LogP contribution in [0.25, 0.3) is 0 Å². The molecule has 0 unspecified atom stereocenters. The van der Waals surface area contributed by atoms with Gasteiger partial charge in [0, 0.05) is 13.2 Å². The van der Waals surface area contributed by atoms with E-state index >= 15 is 0 Å². The van der Waals surface area contributed by atoms with Gasteiger partial charge in [-0.1, -0.05) is 18.2 Å². The standard InChI is InChI=1S/C38H35I4O6S/c1-3-43-24-47-37-33(39)18-26(19-34(37)40)22-45-28-10-14-31(15-11-28)49(30-8-6-5-7-9-30)32-16-12-29(13-17-32)46-23-27-20-35(41)38(36(42)21-27)48-25-44-4-2/h5-21H,3-4,22-25H2,1-2H3/q+1. The number of hydrogen-bond donors (Lipinski definition) is 0. The van der Waals surface area contributed by atoms with Crippen LogP contribution >= 0.6 is 90.4 Å². The molecule has 6 nitrogen and oxygen atoms in total. The van der Waals surface area contributed by atoms with Crippen molar-refractivity contribution in [3.05, 3.63) is 129 Å². The number of halogens is 4. The normalized spacial score (nSPS) is 11.1. The molecule has 0 aliphatic carbocycles. The summed E-state index contributed by atoms with van der Waals surface area (Å²) in [5.41, 5.74) is 2.17. The van der Waals surface area contributed by atoms with Gasteiger partial charge in [-0.15, -0.1) is 0 Å². The van der Waals surface area contributed by atoms with Gasteiger partial charge in [0.1, 0.15) is 36.2 Å². The summed E-state index contributed by atoms with van der Waals surface area (Å²) in [5, 5.41) is 0. The minimum atomic E-state index is -0.300. The van der Waals surface area contributed by atoms with E-state index in [2.05, 4.69) is 193 Å². The third-order valence-electron chi connectivity index (χ3n) is 7.01. The summed E-state index contributed by atoms with van der Waals surface area (Å²) >= 11 is 9.20. The lowest BCUT2D eigenvalue weighted by Gasteiger charge is -2.14. The van der Waals surface area contributed by atoms with Gasteiger partial charge in [-0.05, 0) is 200 Å². The number of ether oxygens (including phenoxy) is 6. The van der Waals surface area contributed by atoms with Crippen LogP contribution in [0.1, 0.15) is 25.0 Å². The first-order valence-corrected chi connectivity index (χ1v) is 21.0. The molecule has 11 heteroatoms. The van der Waals surface area contributed by atoms with E-state index in [0.717, 1.165) is 48.4 Å². The maximum atomic E-state index is 6.21. The van der Waals surface area contributed by atoms with Crippen molar-refractivity contribution in [3.8, 4) is 23.0 Å². The second kappa shape index (κ2) is 19.9. The molecule has 0 aliphatic rings. The Bertz CT molecular complexity index is 1630. The molecule has 0 bridgehead atoms. The largest absolute Gasteiger partial charge is 0.489 e. The van der Waals surface area contributed by atoms with Gasteiger partial charge < -0.3 is 28.4 Å². The van der Waals surface area contributed by atoms with E-state index < -0.39 is 0 Å². The molecular weight excluding hydrogens is 1090 g/mol. The van der Waals surface area contributed by atoms with Crippen molar-refractivity contribution >= 4 is 101 Å². The highest BCUT2D eigenvalue weighted by Crippen LogP contribution is 2.34. The average molecular weight is 1130 g/mol. The van der Waals surface area contributed by atoms with Gasteiger partial charge in [0.15, 0.2) is 28.3 Å². The number of hydrogen-bond acceptors (Lipinski definition) is 6. The SMILES string of the molecule is CCOCOc1c(I)cc(COc2ccc([S+](c3ccccc3)c3ccc(OCc4cc(I)c(OCOCC)c(I)c4)cc3)cc2)cc1I. The van der Waals surface area contributed by atoms with Crippen LogP contribution in [0.4, 0.5) is 0 Å². The second-order valence-electron chi connectivity index (χ2n) is 10.4. The summed E-state index contributed by atoms with van der Waals surface area (Å²) in [6.45, 7) is 6.56. The Morgan fingerprint density at radius 2 is 0.837 bits per heavy atom. The first-order chi connectivity index (χ1) is 23.9. The Balaban J connectivity index is 1.25. The molecule has 5 aromatic rings. The predicted molar refractivity (Wildman–Crippen MR) is 228 cm³/mol. The molecular formula is C38H35I4O6S+. The van der Waals surface area contributed by atoms with Crippen molar-refractivity contribution < 1.29 is 28.4 Å². The summed E-state index contributed by atoms with van der Waals surface area (Å²) in [7, 11) is -0.300. The topological polar surface area (TPSA) is 55.4 Å². The molecule has 0 aliphatic heterocycles. The molecule has 5 rings (SSSR count). The maximum absolute atomic E-state index is 6.21. The molecule has 0 spiro atoms. The van der Waals surface area contributed by atoms with Crippen LogP contribution in [0.3, 0.4) is 0 Å². The van der Waals surface area contributed by atoms with E-state index in [0.29, 0.717) is 26.4 Å². The molecule has 0 heterocycles. The quantitative estimate of drug-likeness (QED) is 0.0400. The fraction of sp³-hybridized carbons (Fsp3) is 0.211. The monoisotopic (exact) mass is 1130 g/mol. The van der Waals surface area contributed by atoms with Crippen LogP contribution < -0.4 is 18.9 Å². The van der Waals surface area contributed by atoms with Gasteiger partial charge in [0.05, 0.1) is 25.2 Å². The van der Waals surface area contributed by atoms with E-state index in [-0.39, 0.29) is 24.5 Å². The number of rotatable bonds is 17. The zero-order valence-electron chi connectivity index (χ0n) is 26.9. The Kier molecular flexibility index (Phi) is 15.7. The van der Waals surface area contributed by atoms with E-state index in [1.807, 2.05) is 13.8 Å². The van der Waals surface area contributed by atoms with E-state index in [4.69, 9.17) is 28.4 Å². The average Bonchev–Trinajstić information content (AvgIpc) is 3.10. The van der Waals surface area contributed by atoms with E-state index in [1.54, 1.807) is 0 Å². The fourth-order valence-electron chi connectivity index (χ4n) is 4.68. The molecule has 0 radical (unpaired) electrons. The Hall–Kier alpha value is -1.51. The van der Waals surface area contributed by atoms with Crippen LogP contribution in [-0.2, 0) is 33.6 Å². The van der Waals surface area contributed by atoms with Crippen LogP contribution in [0.2, 0.25) is 0 Å². The summed E-state index contributed by atoms with van der Waals surface area (Å²) in [6, 6.07) is 35.9. The third-order valence-corrected chi connectivity index (χ3v) is 12.4. The highest BCUT2D eigenvalue weighted by molar-refractivity contribution is 14.1. The molecule has 5 aromatic carbocycles. The van der Waals surface area contributed by atoms with Crippen LogP contribution in [0, 0.1) is 14.3 Å². The first-order valence-electron chi connectivity index (χ1n) is 15.5. The summed E-state index contributed by atoms with van der Waals surface area (Å²) in [4.78, 5) is 3.67. The first kappa shape index (κ1) is 38.7. The molecule has 0 aromatic heterocycles. The summed E-state index contributed by atoms with van der Waals surface area (Å²) < 4.78 is 38.9. The highest BCUT2D eigenvalue weighted by atomic mass is 127. The zero-order chi connectivity index (χ0) is 34.6. The molecule has 0 fully saturated rings. The van der Waals surface area contributed by atoms with Gasteiger partial charge in [-0.3, -0.25) is 0 Å². The molecule has 256 valence electrons. The lowest BCUT2D eigenvalue weighted by molar-refractivity contribution is 0.0211. The lowest BCUT2D eigenvalue weighted by atomic mass is 10.2. The van der Waals surface area contributed by atoms with Crippen molar-refractivity contribution in [1.29, 1.82) is 0 Å². The Morgan fingerprint density at radius 3 is 1.20 bits per heavy atom. The predicted octanol–water partition coefficient (Wildman–Crippen LogP) is 11.1. The zero-order valence-corrected chi connectivity index (χ0v) is 36.4. The van der Waals surface area contributed by atoms with Gasteiger partial charge >= 0.3 is 0 Å². The third kappa shape index (κ3) is 11.2.